The van der Waals surface area contributed by atoms with Gasteiger partial charge in [-0.2, -0.15) is 0 Å². The standard InChI is InChI=1S/C17H15NO5S/c1-2-23-13-9-7-12(8-10-13)15(19)11-18-17(20)14-5-3-4-6-16(14)24(18,21)22/h3-10H,2,11H2,1H3. The number of Topliss-reactive ketones (excluding diaryl/α,β-unsaturated/α-hetero) is 1. The third-order valence-corrected chi connectivity index (χ3v) is 5.47. The van der Waals surface area contributed by atoms with Crippen LogP contribution < -0.4 is 4.74 Å². The first-order valence-electron chi connectivity index (χ1n) is 7.37. The molecular weight excluding hydrogens is 330 g/mol. The molecule has 24 heavy (non-hydrogen) atoms. The molecule has 7 heteroatoms. The SMILES string of the molecule is CCOc1ccc(C(=O)CN2C(=O)c3ccccc3S2(=O)=O)cc1. The van der Waals surface area contributed by atoms with E-state index < -0.39 is 28.3 Å². The van der Waals surface area contributed by atoms with Crippen LogP contribution in [0.3, 0.4) is 0 Å². The van der Waals surface area contributed by atoms with Gasteiger partial charge >= 0.3 is 0 Å². The maximum absolute atomic E-state index is 12.4. The Morgan fingerprint density at radius 3 is 2.38 bits per heavy atom. The smallest absolute Gasteiger partial charge is 0.269 e. The van der Waals surface area contributed by atoms with Crippen molar-refractivity contribution in [3.05, 3.63) is 59.7 Å². The van der Waals surface area contributed by atoms with Gasteiger partial charge in [0.1, 0.15) is 17.2 Å². The van der Waals surface area contributed by atoms with Gasteiger partial charge < -0.3 is 4.74 Å². The van der Waals surface area contributed by atoms with E-state index in [-0.39, 0.29) is 10.5 Å². The lowest BCUT2D eigenvalue weighted by Gasteiger charge is -2.14. The van der Waals surface area contributed by atoms with E-state index in [2.05, 4.69) is 0 Å². The molecule has 0 bridgehead atoms. The number of hydrogen-bond acceptors (Lipinski definition) is 5. The fourth-order valence-electron chi connectivity index (χ4n) is 2.51. The molecular formula is C17H15NO5S. The van der Waals surface area contributed by atoms with Crippen molar-refractivity contribution >= 4 is 21.7 Å². The third-order valence-electron chi connectivity index (χ3n) is 3.69. The van der Waals surface area contributed by atoms with Crippen molar-refractivity contribution in [2.45, 2.75) is 11.8 Å². The van der Waals surface area contributed by atoms with Crippen LogP contribution in [0, 0.1) is 0 Å². The van der Waals surface area contributed by atoms with E-state index in [9.17, 15) is 18.0 Å². The maximum atomic E-state index is 12.4. The molecule has 0 unspecified atom stereocenters. The molecule has 0 saturated carbocycles. The summed E-state index contributed by atoms with van der Waals surface area (Å²) in [5.74, 6) is -0.515. The highest BCUT2D eigenvalue weighted by atomic mass is 32.2. The molecule has 0 atom stereocenters. The molecule has 1 aliphatic rings. The van der Waals surface area contributed by atoms with Crippen molar-refractivity contribution in [1.29, 1.82) is 0 Å². The van der Waals surface area contributed by atoms with Gasteiger partial charge in [-0.15, -0.1) is 0 Å². The second kappa shape index (κ2) is 6.09. The van der Waals surface area contributed by atoms with Crippen molar-refractivity contribution in [2.24, 2.45) is 0 Å². The summed E-state index contributed by atoms with van der Waals surface area (Å²) in [6.45, 7) is 1.83. The van der Waals surface area contributed by atoms with E-state index in [1.807, 2.05) is 6.92 Å². The van der Waals surface area contributed by atoms with Gasteiger partial charge in [0.25, 0.3) is 15.9 Å². The minimum Gasteiger partial charge on any atom is -0.494 e. The van der Waals surface area contributed by atoms with Gasteiger partial charge in [-0.25, -0.2) is 12.7 Å². The Kier molecular flexibility index (Phi) is 4.11. The Balaban J connectivity index is 1.84. The molecule has 6 nitrogen and oxygen atoms in total. The first kappa shape index (κ1) is 16.2. The van der Waals surface area contributed by atoms with Crippen LogP contribution in [0.5, 0.6) is 5.75 Å². The lowest BCUT2D eigenvalue weighted by atomic mass is 10.1. The Morgan fingerprint density at radius 1 is 1.08 bits per heavy atom. The fourth-order valence-corrected chi connectivity index (χ4v) is 4.04. The molecule has 0 radical (unpaired) electrons. The zero-order valence-electron chi connectivity index (χ0n) is 12.9. The van der Waals surface area contributed by atoms with Crippen LogP contribution in [0.1, 0.15) is 27.6 Å². The summed E-state index contributed by atoms with van der Waals surface area (Å²) in [6.07, 6.45) is 0. The second-order valence-electron chi connectivity index (χ2n) is 5.19. The first-order valence-corrected chi connectivity index (χ1v) is 8.81. The molecule has 0 spiro atoms. The Morgan fingerprint density at radius 2 is 1.75 bits per heavy atom. The largest absolute Gasteiger partial charge is 0.494 e. The van der Waals surface area contributed by atoms with Crippen LogP contribution in [0.4, 0.5) is 0 Å². The molecule has 0 saturated heterocycles. The molecule has 2 aromatic carbocycles. The monoisotopic (exact) mass is 345 g/mol. The summed E-state index contributed by atoms with van der Waals surface area (Å²) in [5.41, 5.74) is 0.411. The molecule has 1 heterocycles. The number of ether oxygens (including phenoxy) is 1. The van der Waals surface area contributed by atoms with Gasteiger partial charge in [0.15, 0.2) is 5.78 Å². The highest BCUT2D eigenvalue weighted by Gasteiger charge is 2.41. The van der Waals surface area contributed by atoms with Crippen LogP contribution in [-0.2, 0) is 10.0 Å². The van der Waals surface area contributed by atoms with E-state index in [4.69, 9.17) is 4.74 Å². The van der Waals surface area contributed by atoms with E-state index in [0.717, 1.165) is 0 Å². The van der Waals surface area contributed by atoms with Crippen LogP contribution in [-0.4, -0.2) is 37.6 Å². The first-order chi connectivity index (χ1) is 11.4. The number of sulfonamides is 1. The number of amides is 1. The predicted octanol–water partition coefficient (Wildman–Crippen LogP) is 2.11. The number of rotatable bonds is 5. The number of fused-ring (bicyclic) bond motifs is 1. The van der Waals surface area contributed by atoms with Crippen molar-refractivity contribution in [3.63, 3.8) is 0 Å². The number of carbonyl (C=O) groups is 2. The minimum absolute atomic E-state index is 0.0607. The lowest BCUT2D eigenvalue weighted by molar-refractivity contribution is 0.0820. The fraction of sp³-hybridized carbons (Fsp3) is 0.176. The molecule has 0 fully saturated rings. The van der Waals surface area contributed by atoms with Gasteiger partial charge in [0, 0.05) is 5.56 Å². The minimum atomic E-state index is -3.98. The molecule has 2 aromatic rings. The Labute approximate surface area is 139 Å². The Bertz CT molecular complexity index is 903. The number of carbonyl (C=O) groups excluding carboxylic acids is 2. The molecule has 1 aliphatic heterocycles. The van der Waals surface area contributed by atoms with Crippen LogP contribution in [0.2, 0.25) is 0 Å². The van der Waals surface area contributed by atoms with E-state index in [1.54, 1.807) is 36.4 Å². The summed E-state index contributed by atoms with van der Waals surface area (Å²) >= 11 is 0. The number of benzene rings is 2. The van der Waals surface area contributed by atoms with Gasteiger partial charge in [-0.05, 0) is 43.3 Å². The number of nitrogens with zero attached hydrogens (tertiary/aromatic N) is 1. The molecule has 0 N–H and O–H groups in total. The zero-order chi connectivity index (χ0) is 17.3. The van der Waals surface area contributed by atoms with Crippen LogP contribution in [0.15, 0.2) is 53.4 Å². The number of ketones is 1. The molecule has 3 rings (SSSR count). The summed E-state index contributed by atoms with van der Waals surface area (Å²) < 4.78 is 30.8. The zero-order valence-corrected chi connectivity index (χ0v) is 13.7. The molecule has 1 amide bonds. The third kappa shape index (κ3) is 2.67. The summed E-state index contributed by atoms with van der Waals surface area (Å²) in [4.78, 5) is 24.6. The molecule has 124 valence electrons. The summed E-state index contributed by atoms with van der Waals surface area (Å²) in [7, 11) is -3.98. The average Bonchev–Trinajstić information content (AvgIpc) is 2.77. The maximum Gasteiger partial charge on any atom is 0.269 e. The highest BCUT2D eigenvalue weighted by molar-refractivity contribution is 7.90. The quantitative estimate of drug-likeness (QED) is 0.775. The van der Waals surface area contributed by atoms with Crippen molar-refractivity contribution < 1.29 is 22.7 Å². The van der Waals surface area contributed by atoms with Gasteiger partial charge in [-0.1, -0.05) is 12.1 Å². The van der Waals surface area contributed by atoms with E-state index >= 15 is 0 Å². The summed E-state index contributed by atoms with van der Waals surface area (Å²) in [5, 5.41) is 0. The summed E-state index contributed by atoms with van der Waals surface area (Å²) in [6, 6.07) is 12.3. The van der Waals surface area contributed by atoms with Gasteiger partial charge in [-0.3, -0.25) is 9.59 Å². The normalized spacial score (nSPS) is 15.2. The lowest BCUT2D eigenvalue weighted by Crippen LogP contribution is -2.35. The van der Waals surface area contributed by atoms with E-state index in [0.29, 0.717) is 22.2 Å². The predicted molar refractivity (Wildman–Crippen MR) is 86.6 cm³/mol. The Hall–Kier alpha value is -2.67. The van der Waals surface area contributed by atoms with Crippen molar-refractivity contribution in [2.75, 3.05) is 13.2 Å². The molecule has 0 aliphatic carbocycles. The second-order valence-corrected chi connectivity index (χ2v) is 7.02. The van der Waals surface area contributed by atoms with Crippen molar-refractivity contribution in [3.8, 4) is 5.75 Å². The highest BCUT2D eigenvalue weighted by Crippen LogP contribution is 2.30. The van der Waals surface area contributed by atoms with Gasteiger partial charge in [0.05, 0.1) is 12.2 Å². The van der Waals surface area contributed by atoms with Crippen LogP contribution >= 0.6 is 0 Å². The van der Waals surface area contributed by atoms with Gasteiger partial charge in [0.2, 0.25) is 0 Å². The average molecular weight is 345 g/mol. The topological polar surface area (TPSA) is 80.8 Å². The van der Waals surface area contributed by atoms with Crippen LogP contribution in [0.25, 0.3) is 0 Å². The van der Waals surface area contributed by atoms with Crippen molar-refractivity contribution in [1.82, 2.24) is 4.31 Å². The molecule has 0 aromatic heterocycles. The number of hydrogen-bond donors (Lipinski definition) is 0. The van der Waals surface area contributed by atoms with E-state index in [1.165, 1.54) is 12.1 Å².